The van der Waals surface area contributed by atoms with Crippen LogP contribution in [0.4, 0.5) is 0 Å². The molecule has 0 fully saturated rings. The van der Waals surface area contributed by atoms with Crippen LogP contribution in [0.5, 0.6) is 23.0 Å². The van der Waals surface area contributed by atoms with Gasteiger partial charge in [-0.2, -0.15) is 0 Å². The highest BCUT2D eigenvalue weighted by atomic mass is 16.6. The van der Waals surface area contributed by atoms with Crippen molar-refractivity contribution < 1.29 is 75.8 Å². The smallest absolute Gasteiger partial charge is 0.120 e. The number of fused-ring (bicyclic) bond motifs is 16. The lowest BCUT2D eigenvalue weighted by atomic mass is 10.0. The summed E-state index contributed by atoms with van der Waals surface area (Å²) in [5.41, 5.74) is 19.7. The number of nitrogens with zero attached hydrogens (tertiary/aromatic N) is 4. The van der Waals surface area contributed by atoms with E-state index in [0.29, 0.717) is 226 Å². The number of hydrogen-bond donors (Lipinski definition) is 4. The topological polar surface area (TPSA) is 262 Å². The van der Waals surface area contributed by atoms with E-state index in [1.54, 1.807) is 28.4 Å². The molecule has 4 N–H and O–H groups in total. The third kappa shape index (κ3) is 23.5. The van der Waals surface area contributed by atoms with Crippen LogP contribution >= 0.6 is 0 Å². The second-order valence-electron chi connectivity index (χ2n) is 27.6. The van der Waals surface area contributed by atoms with Gasteiger partial charge in [-0.25, -0.2) is 19.9 Å². The molecule has 0 radical (unpaired) electrons. The van der Waals surface area contributed by atoms with Crippen LogP contribution in [-0.4, -0.2) is 227 Å². The maximum Gasteiger partial charge on any atom is 0.120 e. The second-order valence-corrected chi connectivity index (χ2v) is 27.6. The van der Waals surface area contributed by atoms with Crippen molar-refractivity contribution >= 4 is 92.7 Å². The number of ether oxygens (including phenoxy) is 16. The molecule has 6 aromatic heterocycles. The van der Waals surface area contributed by atoms with E-state index in [-0.39, 0.29) is 0 Å². The number of rotatable bonds is 44. The summed E-state index contributed by atoms with van der Waals surface area (Å²) in [7, 11) is 6.60. The van der Waals surface area contributed by atoms with E-state index in [1.807, 2.05) is 170 Å². The Bertz CT molecular complexity index is 5280. The molecule has 0 unspecified atom stereocenters. The fourth-order valence-electron chi connectivity index (χ4n) is 13.6. The summed E-state index contributed by atoms with van der Waals surface area (Å²) in [4.78, 5) is 36.6. The van der Waals surface area contributed by atoms with E-state index in [9.17, 15) is 0 Å². The van der Waals surface area contributed by atoms with E-state index >= 15 is 0 Å². The molecule has 618 valence electrons. The molecule has 24 heteroatoms. The SMILES string of the molecule is COCCOCCOCCOc1cccc(-c2c3nc(c(C#CC#Cc4c5nc(c(-c6cccc(OCCOCCOCCOC)c6)c6ccc(cc7nc(c(-c8cccc(OCCOCCOCCOC)c8)c8ccc4[nH]8)C=C7)[nH]6)C=C5)c4ccc([nH]4)c(-c4cccc(OCCOCCOCCOC)c4)c4nc(cc5ccc2[nH]5)C=C4)C=C3)c1. The normalized spacial score (nSPS) is 11.9. The van der Waals surface area contributed by atoms with Crippen molar-refractivity contribution in [1.82, 2.24) is 39.9 Å². The summed E-state index contributed by atoms with van der Waals surface area (Å²) >= 11 is 0. The van der Waals surface area contributed by atoms with Gasteiger partial charge in [0.2, 0.25) is 0 Å². The first kappa shape index (κ1) is 84.4. The largest absolute Gasteiger partial charge is 0.491 e. The molecular weight excluding hydrogens is 1520 g/mol. The summed E-state index contributed by atoms with van der Waals surface area (Å²) in [5.74, 6) is 16.4. The highest BCUT2D eigenvalue weighted by Crippen LogP contribution is 2.39. The van der Waals surface area contributed by atoms with Gasteiger partial charge in [0.05, 0.1) is 200 Å². The summed E-state index contributed by atoms with van der Waals surface area (Å²) in [6.07, 6.45) is 16.1. The number of aromatic amines is 4. The molecule has 10 aromatic rings. The van der Waals surface area contributed by atoms with Gasteiger partial charge in [0.1, 0.15) is 49.4 Å². The molecule has 4 aliphatic heterocycles. The number of H-pyrrole nitrogens is 4. The van der Waals surface area contributed by atoms with Crippen LogP contribution in [-0.2, 0) is 56.8 Å². The van der Waals surface area contributed by atoms with E-state index < -0.39 is 0 Å². The number of hydrogen-bond acceptors (Lipinski definition) is 20. The van der Waals surface area contributed by atoms with Gasteiger partial charge < -0.3 is 95.7 Å². The molecule has 0 saturated carbocycles. The Morgan fingerprint density at radius 3 is 0.817 bits per heavy atom. The minimum Gasteiger partial charge on any atom is -0.491 e. The van der Waals surface area contributed by atoms with Crippen molar-refractivity contribution in [2.24, 2.45) is 0 Å². The van der Waals surface area contributed by atoms with Crippen LogP contribution in [0.25, 0.3) is 137 Å². The minimum absolute atomic E-state index is 0.329. The molecule has 0 saturated heterocycles. The molecule has 14 rings (SSSR count). The van der Waals surface area contributed by atoms with Gasteiger partial charge in [-0.15, -0.1) is 0 Å². The van der Waals surface area contributed by atoms with Crippen LogP contribution in [0.15, 0.2) is 158 Å². The lowest BCUT2D eigenvalue weighted by molar-refractivity contribution is 0.0180. The molecule has 4 aliphatic rings. The molecule has 0 aliphatic carbocycles. The second kappa shape index (κ2) is 44.6. The van der Waals surface area contributed by atoms with Crippen LogP contribution in [0.3, 0.4) is 0 Å². The highest BCUT2D eigenvalue weighted by Gasteiger charge is 2.21. The zero-order valence-electron chi connectivity index (χ0n) is 67.9. The number of methoxy groups -OCH3 is 4. The van der Waals surface area contributed by atoms with Gasteiger partial charge in [0.25, 0.3) is 0 Å². The number of aromatic nitrogens is 8. The maximum atomic E-state index is 6.33. The average molecular weight is 1620 g/mol. The monoisotopic (exact) mass is 1620 g/mol. The first-order valence-corrected chi connectivity index (χ1v) is 40.1. The minimum atomic E-state index is 0.329. The fourth-order valence-corrected chi connectivity index (χ4v) is 13.6. The molecule has 10 heterocycles. The predicted molar refractivity (Wildman–Crippen MR) is 469 cm³/mol. The molecule has 24 nitrogen and oxygen atoms in total. The Hall–Kier alpha value is -12.1. The van der Waals surface area contributed by atoms with Crippen LogP contribution < -0.4 is 18.9 Å². The molecule has 0 amide bonds. The van der Waals surface area contributed by atoms with Crippen molar-refractivity contribution in [3.8, 4) is 91.2 Å². The molecule has 0 spiro atoms. The summed E-state index contributed by atoms with van der Waals surface area (Å²) in [6.45, 7) is 10.5. The lowest BCUT2D eigenvalue weighted by Gasteiger charge is -2.10. The third-order valence-corrected chi connectivity index (χ3v) is 19.3. The summed E-state index contributed by atoms with van der Waals surface area (Å²) in [6, 6.07) is 52.4. The van der Waals surface area contributed by atoms with Crippen molar-refractivity contribution in [1.29, 1.82) is 0 Å². The van der Waals surface area contributed by atoms with Gasteiger partial charge in [-0.1, -0.05) is 48.5 Å². The van der Waals surface area contributed by atoms with Crippen molar-refractivity contribution in [2.45, 2.75) is 0 Å². The Balaban J connectivity index is 0.895. The van der Waals surface area contributed by atoms with Crippen LogP contribution in [0.2, 0.25) is 0 Å². The number of benzene rings is 4. The Morgan fingerprint density at radius 1 is 0.242 bits per heavy atom. The quantitative estimate of drug-likeness (QED) is 0.0204. The Kier molecular flexibility index (Phi) is 31.4. The molecule has 120 heavy (non-hydrogen) atoms. The average Bonchev–Trinajstić information content (AvgIpc) is 1.64. The predicted octanol–water partition coefficient (Wildman–Crippen LogP) is 15.9. The van der Waals surface area contributed by atoms with E-state index in [0.717, 1.165) is 100 Å². The van der Waals surface area contributed by atoms with E-state index in [2.05, 4.69) is 80.0 Å². The van der Waals surface area contributed by atoms with Crippen molar-refractivity contribution in [3.63, 3.8) is 0 Å². The standard InChI is InChI=1S/C96H98N8O16/c1-105-37-41-109-45-49-113-53-57-117-75-15-7-11-67(61-75)93-85-25-21-71(97-85)65-72-22-26-86(98-72)94(68-12-8-16-76(62-68)118-58-54-114-50-46-110-42-38-106-2)90-34-30-82(102-90)79(81-29-33-89(93)101-81)19-5-6-20-80-83-31-35-91(103-83)95(69-13-9-17-77(63-69)119-59-55-115-51-47-111-43-39-107-3)87-27-23-73(99-87)66-74-24-28-88(100-74)96(92-36-32-84(80)104-92)70-14-10-18-78(64-70)120-60-56-116-52-48-112-44-40-108-4/h7-18,21-36,61-66,97,99,102,104H,37-60H2,1-4H3. The van der Waals surface area contributed by atoms with Crippen LogP contribution in [0.1, 0.15) is 56.7 Å². The molecular formula is C96H98N8O16. The molecule has 4 aromatic carbocycles. The molecule has 16 bridgehead atoms. The summed E-state index contributed by atoms with van der Waals surface area (Å²) in [5, 5.41) is 0. The van der Waals surface area contributed by atoms with E-state index in [1.165, 1.54) is 0 Å². The fraction of sp³-hybridized carbons (Fsp3) is 0.292. The van der Waals surface area contributed by atoms with Gasteiger partial charge in [0.15, 0.2) is 0 Å². The third-order valence-electron chi connectivity index (χ3n) is 19.3. The van der Waals surface area contributed by atoms with Gasteiger partial charge in [-0.3, -0.25) is 0 Å². The first-order chi connectivity index (χ1) is 59.3. The maximum absolute atomic E-state index is 6.33. The van der Waals surface area contributed by atoms with Crippen LogP contribution in [0, 0.1) is 23.7 Å². The zero-order chi connectivity index (χ0) is 82.1. The Morgan fingerprint density at radius 2 is 0.500 bits per heavy atom. The summed E-state index contributed by atoms with van der Waals surface area (Å²) < 4.78 is 91.5. The number of nitrogens with one attached hydrogen (secondary N) is 4. The zero-order valence-corrected chi connectivity index (χ0v) is 67.9. The Labute approximate surface area is 697 Å². The van der Waals surface area contributed by atoms with Crippen molar-refractivity contribution in [3.05, 3.63) is 214 Å². The lowest BCUT2D eigenvalue weighted by Crippen LogP contribution is -2.12. The molecule has 0 atom stereocenters. The highest BCUT2D eigenvalue weighted by molar-refractivity contribution is 5.97. The van der Waals surface area contributed by atoms with Crippen molar-refractivity contribution in [2.75, 3.05) is 187 Å². The van der Waals surface area contributed by atoms with Gasteiger partial charge >= 0.3 is 0 Å². The van der Waals surface area contributed by atoms with Gasteiger partial charge in [0, 0.05) is 83.8 Å². The first-order valence-electron chi connectivity index (χ1n) is 40.1. The van der Waals surface area contributed by atoms with E-state index in [4.69, 9.17) is 95.7 Å². The van der Waals surface area contributed by atoms with Gasteiger partial charge in [-0.05, 0) is 204 Å².